The zero-order valence-electron chi connectivity index (χ0n) is 8.97. The summed E-state index contributed by atoms with van der Waals surface area (Å²) in [5.41, 5.74) is 0.443. The quantitative estimate of drug-likeness (QED) is 0.423. The zero-order valence-corrected chi connectivity index (χ0v) is 8.97. The van der Waals surface area contributed by atoms with E-state index in [-0.39, 0.29) is 0 Å². The van der Waals surface area contributed by atoms with Crippen LogP contribution in [0.15, 0.2) is 23.3 Å². The van der Waals surface area contributed by atoms with Crippen molar-refractivity contribution in [3.63, 3.8) is 0 Å². The lowest BCUT2D eigenvalue weighted by Gasteiger charge is -2.02. The molecule has 0 atom stereocenters. The molecule has 0 saturated heterocycles. The number of nitrogens with zero attached hydrogens (tertiary/aromatic N) is 3. The Labute approximate surface area is 88.4 Å². The molecule has 0 unspecified atom stereocenters. The van der Waals surface area contributed by atoms with Crippen molar-refractivity contribution in [1.29, 1.82) is 0 Å². The topological polar surface area (TPSA) is 54.8 Å². The number of hydrogen-bond donors (Lipinski definition) is 0. The van der Waals surface area contributed by atoms with Gasteiger partial charge in [0.1, 0.15) is 0 Å². The van der Waals surface area contributed by atoms with Crippen molar-refractivity contribution in [2.45, 2.75) is 0 Å². The van der Waals surface area contributed by atoms with Crippen molar-refractivity contribution in [3.05, 3.63) is 23.9 Å². The van der Waals surface area contributed by atoms with E-state index in [9.17, 15) is 4.79 Å². The van der Waals surface area contributed by atoms with E-state index in [0.717, 1.165) is 0 Å². The largest absolute Gasteiger partial charge is 0.465 e. The lowest BCUT2D eigenvalue weighted by Crippen LogP contribution is -2.07. The molecule has 5 heteroatoms. The molecular weight excluding hydrogens is 194 g/mol. The van der Waals surface area contributed by atoms with Crippen LogP contribution in [0.1, 0.15) is 10.4 Å². The predicted molar refractivity (Wildman–Crippen MR) is 57.4 cm³/mol. The maximum Gasteiger partial charge on any atom is 0.338 e. The second-order valence-corrected chi connectivity index (χ2v) is 3.10. The van der Waals surface area contributed by atoms with Crippen LogP contribution in [0.3, 0.4) is 0 Å². The van der Waals surface area contributed by atoms with Crippen molar-refractivity contribution in [2.24, 2.45) is 4.99 Å². The normalized spacial score (nSPS) is 10.3. The van der Waals surface area contributed by atoms with Crippen LogP contribution in [0.25, 0.3) is 0 Å². The first-order valence-electron chi connectivity index (χ1n) is 4.38. The van der Waals surface area contributed by atoms with Crippen LogP contribution >= 0.6 is 0 Å². The van der Waals surface area contributed by atoms with Crippen LogP contribution in [0.2, 0.25) is 0 Å². The summed E-state index contributed by atoms with van der Waals surface area (Å²) in [5.74, 6) is 0.0882. The number of ether oxygens (including phenoxy) is 1. The Kier molecular flexibility index (Phi) is 3.79. The van der Waals surface area contributed by atoms with Gasteiger partial charge in [0.2, 0.25) is 0 Å². The van der Waals surface area contributed by atoms with Crippen molar-refractivity contribution >= 4 is 18.1 Å². The molecule has 15 heavy (non-hydrogen) atoms. The second-order valence-electron chi connectivity index (χ2n) is 3.10. The number of aliphatic imine (C=N–C) groups is 1. The van der Waals surface area contributed by atoms with Gasteiger partial charge < -0.3 is 9.64 Å². The van der Waals surface area contributed by atoms with Gasteiger partial charge in [0.05, 0.1) is 19.0 Å². The molecule has 0 saturated carbocycles. The summed E-state index contributed by atoms with van der Waals surface area (Å²) >= 11 is 0. The lowest BCUT2D eigenvalue weighted by molar-refractivity contribution is 0.0600. The molecule has 80 valence electrons. The standard InChI is InChI=1S/C10H13N3O2/c1-13(2)7-12-9-6-8(4-5-11-9)10(14)15-3/h4-7H,1-3H3. The molecule has 0 bridgehead atoms. The number of carbonyl (C=O) groups excluding carboxylic acids is 1. The van der Waals surface area contributed by atoms with Crippen molar-refractivity contribution in [1.82, 2.24) is 9.88 Å². The van der Waals surface area contributed by atoms with Gasteiger partial charge in [-0.25, -0.2) is 14.8 Å². The Morgan fingerprint density at radius 1 is 1.60 bits per heavy atom. The molecule has 0 N–H and O–H groups in total. The molecule has 0 aliphatic carbocycles. The van der Waals surface area contributed by atoms with Gasteiger partial charge in [0.15, 0.2) is 5.82 Å². The van der Waals surface area contributed by atoms with Crippen LogP contribution in [0, 0.1) is 0 Å². The Morgan fingerprint density at radius 3 is 2.93 bits per heavy atom. The molecule has 0 aliphatic rings. The molecule has 0 spiro atoms. The number of methoxy groups -OCH3 is 1. The fourth-order valence-corrected chi connectivity index (χ4v) is 0.908. The summed E-state index contributed by atoms with van der Waals surface area (Å²) < 4.78 is 4.59. The van der Waals surface area contributed by atoms with Gasteiger partial charge in [0.25, 0.3) is 0 Å². The van der Waals surface area contributed by atoms with E-state index >= 15 is 0 Å². The summed E-state index contributed by atoms with van der Waals surface area (Å²) in [4.78, 5) is 21.0. The molecule has 1 aromatic rings. The maximum atomic E-state index is 11.2. The first-order valence-corrected chi connectivity index (χ1v) is 4.38. The van der Waals surface area contributed by atoms with Gasteiger partial charge in [-0.15, -0.1) is 0 Å². The van der Waals surface area contributed by atoms with E-state index in [0.29, 0.717) is 11.4 Å². The number of pyridine rings is 1. The predicted octanol–water partition coefficient (Wildman–Crippen LogP) is 1.09. The summed E-state index contributed by atoms with van der Waals surface area (Å²) in [6.45, 7) is 0. The number of rotatable bonds is 3. The van der Waals surface area contributed by atoms with Crippen molar-refractivity contribution in [2.75, 3.05) is 21.2 Å². The van der Waals surface area contributed by atoms with Gasteiger partial charge in [-0.2, -0.15) is 0 Å². The first kappa shape index (κ1) is 11.2. The molecule has 5 nitrogen and oxygen atoms in total. The molecule has 1 heterocycles. The summed E-state index contributed by atoms with van der Waals surface area (Å²) in [6.07, 6.45) is 3.14. The number of esters is 1. The van der Waals surface area contributed by atoms with Gasteiger partial charge in [-0.3, -0.25) is 0 Å². The summed E-state index contributed by atoms with van der Waals surface area (Å²) in [5, 5.41) is 0. The number of hydrogen-bond acceptors (Lipinski definition) is 4. The Balaban J connectivity index is 2.88. The van der Waals surface area contributed by atoms with E-state index in [2.05, 4.69) is 14.7 Å². The van der Waals surface area contributed by atoms with E-state index in [1.807, 2.05) is 14.1 Å². The van der Waals surface area contributed by atoms with Crippen LogP contribution in [-0.4, -0.2) is 43.4 Å². The fourth-order valence-electron chi connectivity index (χ4n) is 0.908. The smallest absolute Gasteiger partial charge is 0.338 e. The van der Waals surface area contributed by atoms with Gasteiger partial charge in [-0.1, -0.05) is 0 Å². The summed E-state index contributed by atoms with van der Waals surface area (Å²) in [6, 6.07) is 3.16. The van der Waals surface area contributed by atoms with Crippen LogP contribution < -0.4 is 0 Å². The van der Waals surface area contributed by atoms with Crippen LogP contribution in [-0.2, 0) is 4.74 Å². The Morgan fingerprint density at radius 2 is 2.33 bits per heavy atom. The third-order valence-corrected chi connectivity index (χ3v) is 1.59. The molecule has 0 amide bonds. The highest BCUT2D eigenvalue weighted by molar-refractivity contribution is 5.89. The van der Waals surface area contributed by atoms with Crippen LogP contribution in [0.4, 0.5) is 5.82 Å². The molecule has 1 aromatic heterocycles. The second kappa shape index (κ2) is 5.09. The van der Waals surface area contributed by atoms with E-state index in [4.69, 9.17) is 0 Å². The SMILES string of the molecule is COC(=O)c1ccnc(N=CN(C)C)c1. The lowest BCUT2D eigenvalue weighted by atomic mass is 10.2. The molecule has 0 aliphatic heterocycles. The summed E-state index contributed by atoms with van der Waals surface area (Å²) in [7, 11) is 5.05. The Bertz CT molecular complexity index is 375. The monoisotopic (exact) mass is 207 g/mol. The van der Waals surface area contributed by atoms with E-state index in [1.54, 1.807) is 23.4 Å². The van der Waals surface area contributed by atoms with Gasteiger partial charge in [-0.05, 0) is 12.1 Å². The van der Waals surface area contributed by atoms with Crippen molar-refractivity contribution < 1.29 is 9.53 Å². The van der Waals surface area contributed by atoms with Crippen LogP contribution in [0.5, 0.6) is 0 Å². The number of aromatic nitrogens is 1. The Hall–Kier alpha value is -1.91. The van der Waals surface area contributed by atoms with Gasteiger partial charge in [0, 0.05) is 20.3 Å². The van der Waals surface area contributed by atoms with Crippen molar-refractivity contribution in [3.8, 4) is 0 Å². The van der Waals surface area contributed by atoms with E-state index in [1.165, 1.54) is 13.3 Å². The molecule has 0 aromatic carbocycles. The zero-order chi connectivity index (χ0) is 11.3. The molecule has 0 fully saturated rings. The minimum atomic E-state index is -0.390. The number of carbonyl (C=O) groups is 1. The minimum Gasteiger partial charge on any atom is -0.465 e. The van der Waals surface area contributed by atoms with Gasteiger partial charge >= 0.3 is 5.97 Å². The molecule has 1 rings (SSSR count). The molecule has 0 radical (unpaired) electrons. The molecular formula is C10H13N3O2. The fraction of sp³-hybridized carbons (Fsp3) is 0.300. The average molecular weight is 207 g/mol. The van der Waals surface area contributed by atoms with E-state index < -0.39 is 5.97 Å². The average Bonchev–Trinajstić information content (AvgIpc) is 2.25. The third-order valence-electron chi connectivity index (χ3n) is 1.59. The highest BCUT2D eigenvalue weighted by Crippen LogP contribution is 2.10. The first-order chi connectivity index (χ1) is 7.13. The highest BCUT2D eigenvalue weighted by Gasteiger charge is 2.05. The maximum absolute atomic E-state index is 11.2. The third kappa shape index (κ3) is 3.38. The highest BCUT2D eigenvalue weighted by atomic mass is 16.5. The minimum absolute atomic E-state index is 0.390.